The lowest BCUT2D eigenvalue weighted by Crippen LogP contribution is -2.44. The first-order chi connectivity index (χ1) is 18.0. The molecule has 0 saturated carbocycles. The van der Waals surface area contributed by atoms with Crippen LogP contribution in [-0.2, 0) is 19.8 Å². The molecule has 2 N–H and O–H groups in total. The molecule has 11 heteroatoms. The fraction of sp³-hybridized carbons (Fsp3) is 0.370. The van der Waals surface area contributed by atoms with Crippen molar-refractivity contribution in [3.05, 3.63) is 70.7 Å². The summed E-state index contributed by atoms with van der Waals surface area (Å²) in [6, 6.07) is 8.93. The Hall–Kier alpha value is -3.70. The number of anilines is 1. The van der Waals surface area contributed by atoms with Gasteiger partial charge in [-0.1, -0.05) is 12.1 Å². The SMILES string of the molecule is CNC(=O)c1ncc(-c2cc(C(=O)Nc3ccc(CN4CCN(C)CC4)c(C(F)(F)F)c3)ccc2C)n1C. The first kappa shape index (κ1) is 27.3. The minimum atomic E-state index is -4.55. The Balaban J connectivity index is 1.57. The van der Waals surface area contributed by atoms with Crippen LogP contribution in [0.1, 0.15) is 37.7 Å². The number of halogens is 3. The molecule has 1 aromatic heterocycles. The van der Waals surface area contributed by atoms with E-state index in [1.54, 1.807) is 36.0 Å². The topological polar surface area (TPSA) is 82.5 Å². The summed E-state index contributed by atoms with van der Waals surface area (Å²) in [5.74, 6) is -0.671. The molecule has 0 bridgehead atoms. The van der Waals surface area contributed by atoms with Crippen molar-refractivity contribution in [2.45, 2.75) is 19.6 Å². The number of amides is 2. The van der Waals surface area contributed by atoms with Crippen LogP contribution >= 0.6 is 0 Å². The second kappa shape index (κ2) is 11.0. The zero-order chi connectivity index (χ0) is 27.6. The molecule has 0 aliphatic carbocycles. The number of likely N-dealkylation sites (N-methyl/N-ethyl adjacent to an activating group) is 1. The van der Waals surface area contributed by atoms with E-state index in [1.165, 1.54) is 19.2 Å². The normalized spacial score (nSPS) is 14.9. The number of carbonyl (C=O) groups excluding carboxylic acids is 2. The van der Waals surface area contributed by atoms with Gasteiger partial charge in [-0.15, -0.1) is 0 Å². The highest BCUT2D eigenvalue weighted by Gasteiger charge is 2.34. The lowest BCUT2D eigenvalue weighted by atomic mass is 10.0. The van der Waals surface area contributed by atoms with Crippen molar-refractivity contribution in [2.24, 2.45) is 7.05 Å². The molecule has 0 atom stereocenters. The van der Waals surface area contributed by atoms with Crippen molar-refractivity contribution in [1.29, 1.82) is 0 Å². The van der Waals surface area contributed by atoms with Crippen LogP contribution < -0.4 is 10.6 Å². The molecule has 2 aromatic carbocycles. The zero-order valence-electron chi connectivity index (χ0n) is 21.8. The smallest absolute Gasteiger partial charge is 0.352 e. The summed E-state index contributed by atoms with van der Waals surface area (Å²) in [4.78, 5) is 33.4. The third kappa shape index (κ3) is 5.89. The lowest BCUT2D eigenvalue weighted by Gasteiger charge is -2.33. The highest BCUT2D eigenvalue weighted by molar-refractivity contribution is 6.05. The van der Waals surface area contributed by atoms with Crippen LogP contribution in [-0.4, -0.2) is 71.4 Å². The number of piperazine rings is 1. The Kier molecular flexibility index (Phi) is 7.89. The predicted molar refractivity (Wildman–Crippen MR) is 139 cm³/mol. The quantitative estimate of drug-likeness (QED) is 0.509. The van der Waals surface area contributed by atoms with Gasteiger partial charge in [0.15, 0.2) is 5.82 Å². The minimum Gasteiger partial charge on any atom is -0.352 e. The van der Waals surface area contributed by atoms with Gasteiger partial charge in [0.25, 0.3) is 11.8 Å². The van der Waals surface area contributed by atoms with E-state index in [-0.39, 0.29) is 35.1 Å². The van der Waals surface area contributed by atoms with Crippen LogP contribution in [0, 0.1) is 6.92 Å². The molecular weight excluding hydrogens is 497 g/mol. The summed E-state index contributed by atoms with van der Waals surface area (Å²) in [6.07, 6.45) is -3.01. The molecule has 3 aromatic rings. The standard InChI is InChI=1S/C27H31F3N6O2/c1-17-5-6-18(13-21(17)23-15-32-24(35(23)4)26(38)31-2)25(37)33-20-8-7-19(22(14-20)27(28,29)30)16-36-11-9-34(3)10-12-36/h5-8,13-15H,9-12,16H2,1-4H3,(H,31,38)(H,33,37). The second-order valence-corrected chi connectivity index (χ2v) is 9.54. The van der Waals surface area contributed by atoms with Gasteiger partial charge in [-0.25, -0.2) is 4.98 Å². The second-order valence-electron chi connectivity index (χ2n) is 9.54. The van der Waals surface area contributed by atoms with Gasteiger partial charge in [0.2, 0.25) is 0 Å². The van der Waals surface area contributed by atoms with Gasteiger partial charge in [-0.2, -0.15) is 13.2 Å². The maximum atomic E-state index is 13.9. The van der Waals surface area contributed by atoms with Gasteiger partial charge in [-0.05, 0) is 49.4 Å². The van der Waals surface area contributed by atoms with Gasteiger partial charge < -0.3 is 20.1 Å². The molecule has 1 saturated heterocycles. The van der Waals surface area contributed by atoms with Gasteiger partial charge in [0.1, 0.15) is 0 Å². The van der Waals surface area contributed by atoms with E-state index < -0.39 is 17.6 Å². The molecule has 2 heterocycles. The van der Waals surface area contributed by atoms with Crippen molar-refractivity contribution in [2.75, 3.05) is 45.6 Å². The number of alkyl halides is 3. The van der Waals surface area contributed by atoms with Gasteiger partial charge in [-0.3, -0.25) is 14.5 Å². The maximum Gasteiger partial charge on any atom is 0.416 e. The fourth-order valence-corrected chi connectivity index (χ4v) is 4.53. The van der Waals surface area contributed by atoms with Crippen LogP contribution in [0.3, 0.4) is 0 Å². The minimum absolute atomic E-state index is 0.0639. The van der Waals surface area contributed by atoms with Crippen LogP contribution in [0.5, 0.6) is 0 Å². The van der Waals surface area contributed by atoms with E-state index in [9.17, 15) is 22.8 Å². The number of aryl methyl sites for hydroxylation is 1. The number of rotatable bonds is 6. The molecule has 0 spiro atoms. The average molecular weight is 529 g/mol. The highest BCUT2D eigenvalue weighted by Crippen LogP contribution is 2.35. The fourth-order valence-electron chi connectivity index (χ4n) is 4.53. The zero-order valence-corrected chi connectivity index (χ0v) is 21.8. The van der Waals surface area contributed by atoms with Crippen LogP contribution in [0.25, 0.3) is 11.3 Å². The van der Waals surface area contributed by atoms with Gasteiger partial charge in [0, 0.05) is 63.6 Å². The monoisotopic (exact) mass is 528 g/mol. The molecule has 1 aliphatic rings. The highest BCUT2D eigenvalue weighted by atomic mass is 19.4. The first-order valence-corrected chi connectivity index (χ1v) is 12.2. The molecule has 202 valence electrons. The van der Waals surface area contributed by atoms with E-state index in [4.69, 9.17) is 0 Å². The number of hydrogen-bond donors (Lipinski definition) is 2. The predicted octanol–water partition coefficient (Wildman–Crippen LogP) is 3.77. The summed E-state index contributed by atoms with van der Waals surface area (Å²) in [6.45, 7) is 5.06. The Labute approximate surface area is 219 Å². The van der Waals surface area contributed by atoms with Gasteiger partial charge >= 0.3 is 6.18 Å². The molecule has 1 fully saturated rings. The van der Waals surface area contributed by atoms with Crippen LogP contribution in [0.15, 0.2) is 42.6 Å². The lowest BCUT2D eigenvalue weighted by molar-refractivity contribution is -0.138. The van der Waals surface area contributed by atoms with Gasteiger partial charge in [0.05, 0.1) is 17.5 Å². The maximum absolute atomic E-state index is 13.9. The Bertz CT molecular complexity index is 1340. The molecule has 1 aliphatic heterocycles. The van der Waals surface area contributed by atoms with E-state index >= 15 is 0 Å². The summed E-state index contributed by atoms with van der Waals surface area (Å²) >= 11 is 0. The molecule has 4 rings (SSSR count). The Morgan fingerprint density at radius 1 is 1.00 bits per heavy atom. The molecule has 0 unspecified atom stereocenters. The summed E-state index contributed by atoms with van der Waals surface area (Å²) in [5.41, 5.74) is 1.92. The molecule has 38 heavy (non-hydrogen) atoms. The van der Waals surface area contributed by atoms with Crippen molar-refractivity contribution in [3.8, 4) is 11.3 Å². The number of hydrogen-bond acceptors (Lipinski definition) is 5. The first-order valence-electron chi connectivity index (χ1n) is 12.2. The molecule has 8 nitrogen and oxygen atoms in total. The van der Waals surface area contributed by atoms with Crippen molar-refractivity contribution >= 4 is 17.5 Å². The van der Waals surface area contributed by atoms with E-state index in [1.807, 2.05) is 18.9 Å². The Morgan fingerprint density at radius 2 is 1.71 bits per heavy atom. The largest absolute Gasteiger partial charge is 0.416 e. The van der Waals surface area contributed by atoms with Crippen molar-refractivity contribution < 1.29 is 22.8 Å². The number of aromatic nitrogens is 2. The van der Waals surface area contributed by atoms with Crippen molar-refractivity contribution in [3.63, 3.8) is 0 Å². The van der Waals surface area contributed by atoms with E-state index in [0.717, 1.165) is 24.7 Å². The number of carbonyl (C=O) groups is 2. The third-order valence-electron chi connectivity index (χ3n) is 6.86. The molecule has 0 radical (unpaired) electrons. The summed E-state index contributed by atoms with van der Waals surface area (Å²) in [7, 11) is 5.20. The third-order valence-corrected chi connectivity index (χ3v) is 6.86. The Morgan fingerprint density at radius 3 is 2.37 bits per heavy atom. The number of imidazole rings is 1. The van der Waals surface area contributed by atoms with Crippen molar-refractivity contribution in [1.82, 2.24) is 24.7 Å². The molecule has 2 amide bonds. The van der Waals surface area contributed by atoms with E-state index in [2.05, 4.69) is 20.5 Å². The molecular formula is C27H31F3N6O2. The van der Waals surface area contributed by atoms with Crippen LogP contribution in [0.2, 0.25) is 0 Å². The summed E-state index contributed by atoms with van der Waals surface area (Å²) < 4.78 is 43.4. The van der Waals surface area contributed by atoms with E-state index in [0.29, 0.717) is 24.3 Å². The number of nitrogens with zero attached hydrogens (tertiary/aromatic N) is 4. The number of benzene rings is 2. The number of nitrogens with one attached hydrogen (secondary N) is 2. The van der Waals surface area contributed by atoms with Crippen LogP contribution in [0.4, 0.5) is 18.9 Å². The summed E-state index contributed by atoms with van der Waals surface area (Å²) in [5, 5.41) is 5.14. The average Bonchev–Trinajstić information content (AvgIpc) is 3.26.